The molecular weight excluding hydrogens is 276 g/mol. The van der Waals surface area contributed by atoms with Crippen LogP contribution in [-0.2, 0) is 9.59 Å². The van der Waals surface area contributed by atoms with Crippen LogP contribution in [0.2, 0.25) is 0 Å². The molecule has 0 saturated carbocycles. The van der Waals surface area contributed by atoms with Crippen molar-refractivity contribution in [1.29, 1.82) is 0 Å². The second-order valence-electron chi connectivity index (χ2n) is 5.20. The molecule has 0 saturated heterocycles. The summed E-state index contributed by atoms with van der Waals surface area (Å²) in [4.78, 5) is 34.7. The molecule has 3 N–H and O–H groups in total. The minimum atomic E-state index is -1.10. The second-order valence-corrected chi connectivity index (χ2v) is 5.20. The molecule has 1 unspecified atom stereocenters. The third-order valence-electron chi connectivity index (χ3n) is 2.81. The van der Waals surface area contributed by atoms with Crippen LogP contribution in [0.3, 0.4) is 0 Å². The van der Waals surface area contributed by atoms with Gasteiger partial charge in [0.1, 0.15) is 12.1 Å². The van der Waals surface area contributed by atoms with E-state index in [0.717, 1.165) is 0 Å². The largest absolute Gasteiger partial charge is 0.480 e. The Morgan fingerprint density at radius 2 is 1.90 bits per heavy atom. The third kappa shape index (κ3) is 5.29. The van der Waals surface area contributed by atoms with E-state index in [4.69, 9.17) is 9.52 Å². The molecule has 1 heterocycles. The maximum Gasteiger partial charge on any atom is 0.326 e. The lowest BCUT2D eigenvalue weighted by atomic mass is 10.0. The van der Waals surface area contributed by atoms with Gasteiger partial charge in [-0.25, -0.2) is 4.79 Å². The predicted octanol–water partition coefficient (Wildman–Crippen LogP) is 1.01. The fourth-order valence-electron chi connectivity index (χ4n) is 1.73. The Morgan fingerprint density at radius 1 is 1.24 bits per heavy atom. The molecular formula is C14H20N2O5. The molecule has 0 fully saturated rings. The number of aliphatic carboxylic acids is 1. The van der Waals surface area contributed by atoms with Crippen molar-refractivity contribution in [3.63, 3.8) is 0 Å². The molecule has 1 aromatic rings. The highest BCUT2D eigenvalue weighted by atomic mass is 16.4. The van der Waals surface area contributed by atoms with Gasteiger partial charge in [0.2, 0.25) is 5.91 Å². The van der Waals surface area contributed by atoms with Crippen LogP contribution < -0.4 is 10.6 Å². The molecule has 0 aliphatic heterocycles. The Kier molecular flexibility index (Phi) is 5.95. The summed E-state index contributed by atoms with van der Waals surface area (Å²) in [6.45, 7) is 5.21. The first kappa shape index (κ1) is 16.7. The molecule has 7 heteroatoms. The molecule has 1 aromatic heterocycles. The van der Waals surface area contributed by atoms with Gasteiger partial charge in [0.15, 0.2) is 5.76 Å². The molecule has 0 spiro atoms. The summed E-state index contributed by atoms with van der Waals surface area (Å²) in [6.07, 6.45) is 1.67. The van der Waals surface area contributed by atoms with E-state index in [1.807, 2.05) is 13.8 Å². The molecule has 7 nitrogen and oxygen atoms in total. The highest BCUT2D eigenvalue weighted by Gasteiger charge is 2.25. The van der Waals surface area contributed by atoms with E-state index < -0.39 is 29.9 Å². The lowest BCUT2D eigenvalue weighted by molar-refractivity contribution is -0.142. The summed E-state index contributed by atoms with van der Waals surface area (Å²) in [5.74, 6) is -1.96. The van der Waals surface area contributed by atoms with Crippen molar-refractivity contribution in [2.75, 3.05) is 0 Å². The Balaban J connectivity index is 2.57. The maximum atomic E-state index is 11.9. The van der Waals surface area contributed by atoms with Crippen LogP contribution in [0.5, 0.6) is 0 Å². The van der Waals surface area contributed by atoms with Crippen molar-refractivity contribution in [2.24, 2.45) is 5.92 Å². The molecule has 0 radical (unpaired) electrons. The van der Waals surface area contributed by atoms with Gasteiger partial charge in [0.25, 0.3) is 5.91 Å². The van der Waals surface area contributed by atoms with Gasteiger partial charge in [-0.3, -0.25) is 9.59 Å². The summed E-state index contributed by atoms with van der Waals surface area (Å²) in [6, 6.07) is 1.19. The highest BCUT2D eigenvalue weighted by molar-refractivity contribution is 5.96. The van der Waals surface area contributed by atoms with Gasteiger partial charge >= 0.3 is 5.97 Å². The van der Waals surface area contributed by atoms with E-state index in [1.165, 1.54) is 19.3 Å². The van der Waals surface area contributed by atoms with Crippen LogP contribution in [0.25, 0.3) is 0 Å². The topological polar surface area (TPSA) is 109 Å². The molecule has 0 aliphatic rings. The standard InChI is InChI=1S/C14H20N2O5/c1-8(2)7-10(14(19)20)16-12(17)9(3)15-13(18)11-5-4-6-21-11/h4-6,8-10H,7H2,1-3H3,(H,15,18)(H,16,17)(H,19,20)/t9?,10-/m1/s1. The van der Waals surface area contributed by atoms with Crippen molar-refractivity contribution < 1.29 is 23.9 Å². The first-order valence-electron chi connectivity index (χ1n) is 6.68. The number of furan rings is 1. The van der Waals surface area contributed by atoms with Gasteiger partial charge in [0.05, 0.1) is 6.26 Å². The molecule has 0 aliphatic carbocycles. The van der Waals surface area contributed by atoms with Crippen molar-refractivity contribution >= 4 is 17.8 Å². The fourth-order valence-corrected chi connectivity index (χ4v) is 1.73. The quantitative estimate of drug-likeness (QED) is 0.696. The summed E-state index contributed by atoms with van der Waals surface area (Å²) >= 11 is 0. The molecule has 116 valence electrons. The number of amides is 2. The van der Waals surface area contributed by atoms with Gasteiger partial charge in [-0.15, -0.1) is 0 Å². The summed E-state index contributed by atoms with van der Waals surface area (Å²) in [5, 5.41) is 13.9. The zero-order valence-corrected chi connectivity index (χ0v) is 12.3. The zero-order chi connectivity index (χ0) is 16.0. The van der Waals surface area contributed by atoms with Crippen LogP contribution >= 0.6 is 0 Å². The van der Waals surface area contributed by atoms with E-state index >= 15 is 0 Å². The number of hydrogen-bond acceptors (Lipinski definition) is 4. The number of hydrogen-bond donors (Lipinski definition) is 3. The van der Waals surface area contributed by atoms with E-state index in [9.17, 15) is 14.4 Å². The summed E-state index contributed by atoms with van der Waals surface area (Å²) < 4.78 is 4.91. The molecule has 1 rings (SSSR count). The Labute approximate surface area is 122 Å². The summed E-state index contributed by atoms with van der Waals surface area (Å²) in [5.41, 5.74) is 0. The maximum absolute atomic E-state index is 11.9. The van der Waals surface area contributed by atoms with Crippen LogP contribution in [0.4, 0.5) is 0 Å². The van der Waals surface area contributed by atoms with Crippen LogP contribution in [0.1, 0.15) is 37.7 Å². The number of rotatable bonds is 7. The van der Waals surface area contributed by atoms with E-state index in [-0.39, 0.29) is 11.7 Å². The van der Waals surface area contributed by atoms with Crippen molar-refractivity contribution in [2.45, 2.75) is 39.3 Å². The van der Waals surface area contributed by atoms with Gasteiger partial charge in [0, 0.05) is 0 Å². The van der Waals surface area contributed by atoms with Crippen LogP contribution in [-0.4, -0.2) is 35.0 Å². The van der Waals surface area contributed by atoms with Crippen molar-refractivity contribution in [1.82, 2.24) is 10.6 Å². The van der Waals surface area contributed by atoms with Crippen molar-refractivity contribution in [3.05, 3.63) is 24.2 Å². The SMILES string of the molecule is CC(C)C[C@@H](NC(=O)C(C)NC(=O)c1ccco1)C(=O)O. The minimum absolute atomic E-state index is 0.0895. The number of carboxylic acid groups (broad SMARTS) is 1. The van der Waals surface area contributed by atoms with Crippen molar-refractivity contribution in [3.8, 4) is 0 Å². The van der Waals surface area contributed by atoms with Gasteiger partial charge in [-0.1, -0.05) is 13.8 Å². The zero-order valence-electron chi connectivity index (χ0n) is 12.3. The lowest BCUT2D eigenvalue weighted by Crippen LogP contribution is -2.50. The first-order chi connectivity index (χ1) is 9.81. The first-order valence-corrected chi connectivity index (χ1v) is 6.68. The summed E-state index contributed by atoms with van der Waals surface area (Å²) in [7, 11) is 0. The van der Waals surface area contributed by atoms with E-state index in [2.05, 4.69) is 10.6 Å². The Hall–Kier alpha value is -2.31. The minimum Gasteiger partial charge on any atom is -0.480 e. The number of carbonyl (C=O) groups excluding carboxylic acids is 2. The number of carbonyl (C=O) groups is 3. The van der Waals surface area contributed by atoms with E-state index in [1.54, 1.807) is 6.07 Å². The van der Waals surface area contributed by atoms with Gasteiger partial charge in [-0.2, -0.15) is 0 Å². The lowest BCUT2D eigenvalue weighted by Gasteiger charge is -2.19. The monoisotopic (exact) mass is 296 g/mol. The Morgan fingerprint density at radius 3 is 2.38 bits per heavy atom. The van der Waals surface area contributed by atoms with Crippen LogP contribution in [0, 0.1) is 5.92 Å². The predicted molar refractivity (Wildman–Crippen MR) is 74.7 cm³/mol. The normalized spacial score (nSPS) is 13.5. The second kappa shape index (κ2) is 7.47. The Bertz CT molecular complexity index is 495. The molecule has 2 amide bonds. The molecule has 0 aromatic carbocycles. The van der Waals surface area contributed by atoms with E-state index in [0.29, 0.717) is 6.42 Å². The number of nitrogens with one attached hydrogen (secondary N) is 2. The van der Waals surface area contributed by atoms with Crippen LogP contribution in [0.15, 0.2) is 22.8 Å². The average Bonchev–Trinajstić information content (AvgIpc) is 2.90. The highest BCUT2D eigenvalue weighted by Crippen LogP contribution is 2.05. The smallest absolute Gasteiger partial charge is 0.326 e. The number of carboxylic acids is 1. The third-order valence-corrected chi connectivity index (χ3v) is 2.81. The average molecular weight is 296 g/mol. The molecule has 2 atom stereocenters. The van der Waals surface area contributed by atoms with Gasteiger partial charge in [-0.05, 0) is 31.4 Å². The van der Waals surface area contributed by atoms with Gasteiger partial charge < -0.3 is 20.2 Å². The fraction of sp³-hybridized carbons (Fsp3) is 0.500. The molecule has 21 heavy (non-hydrogen) atoms. The molecule has 0 bridgehead atoms.